The molecule has 0 bridgehead atoms. The molecule has 7 nitrogen and oxygen atoms in total. The Labute approximate surface area is 202 Å². The fourth-order valence-corrected chi connectivity index (χ4v) is 4.32. The zero-order valence-electron chi connectivity index (χ0n) is 19.6. The molecule has 1 N–H and O–H groups in total. The van der Waals surface area contributed by atoms with E-state index in [0.29, 0.717) is 30.2 Å². The number of anilines is 2. The van der Waals surface area contributed by atoms with E-state index in [2.05, 4.69) is 33.9 Å². The highest BCUT2D eigenvalue weighted by atomic mass is 19.3. The lowest BCUT2D eigenvalue weighted by molar-refractivity contribution is -0.122. The Kier molecular flexibility index (Phi) is 6.65. The molecular weight excluding hydrogens is 452 g/mol. The minimum atomic E-state index is -3.07. The lowest BCUT2D eigenvalue weighted by atomic mass is 9.69. The van der Waals surface area contributed by atoms with Crippen LogP contribution in [-0.2, 0) is 10.2 Å². The van der Waals surface area contributed by atoms with E-state index in [1.54, 1.807) is 25.1 Å². The number of nitriles is 1. The number of ether oxygens (including phenoxy) is 1. The average molecular weight is 478 g/mol. The van der Waals surface area contributed by atoms with Crippen LogP contribution < -0.4 is 15.0 Å². The second kappa shape index (κ2) is 9.66. The van der Waals surface area contributed by atoms with Crippen LogP contribution in [0.25, 0.3) is 0 Å². The van der Waals surface area contributed by atoms with Crippen molar-refractivity contribution in [3.63, 3.8) is 0 Å². The molecule has 0 saturated carbocycles. The number of carbonyl (C=O) groups excluding carboxylic acids is 1. The van der Waals surface area contributed by atoms with Gasteiger partial charge in [-0.05, 0) is 48.2 Å². The molecular formula is C26H25F2N5O2. The topological polar surface area (TPSA) is 91.1 Å². The largest absolute Gasteiger partial charge is 0.415 e. The number of halogens is 2. The van der Waals surface area contributed by atoms with Gasteiger partial charge in [-0.15, -0.1) is 0 Å². The van der Waals surface area contributed by atoms with Gasteiger partial charge in [0.05, 0.1) is 5.56 Å². The van der Waals surface area contributed by atoms with Crippen molar-refractivity contribution in [2.75, 3.05) is 23.3 Å². The first kappa shape index (κ1) is 24.1. The molecule has 2 aromatic heterocycles. The Bertz CT molecular complexity index is 1270. The lowest BCUT2D eigenvalue weighted by Gasteiger charge is -2.50. The molecule has 0 unspecified atom stereocenters. The van der Waals surface area contributed by atoms with Gasteiger partial charge in [0.2, 0.25) is 11.8 Å². The maximum Gasteiger partial charge on any atom is 0.388 e. The quantitative estimate of drug-likeness (QED) is 0.527. The van der Waals surface area contributed by atoms with E-state index in [0.717, 1.165) is 11.1 Å². The number of aryl methyl sites for hydroxylation is 1. The van der Waals surface area contributed by atoms with Gasteiger partial charge in [0.25, 0.3) is 0 Å². The number of pyridine rings is 2. The van der Waals surface area contributed by atoms with Crippen LogP contribution in [0.3, 0.4) is 0 Å². The van der Waals surface area contributed by atoms with Gasteiger partial charge in [-0.25, -0.2) is 9.97 Å². The van der Waals surface area contributed by atoms with E-state index in [-0.39, 0.29) is 23.4 Å². The number of hydrogen-bond donors (Lipinski definition) is 1. The summed E-state index contributed by atoms with van der Waals surface area (Å²) in [6.07, 6.45) is 1.49. The molecule has 180 valence electrons. The van der Waals surface area contributed by atoms with E-state index < -0.39 is 12.0 Å². The van der Waals surface area contributed by atoms with Crippen LogP contribution in [0.1, 0.15) is 42.1 Å². The molecule has 1 saturated heterocycles. The second-order valence-electron chi connectivity index (χ2n) is 8.83. The number of nitrogens with zero attached hydrogens (tertiary/aromatic N) is 4. The van der Waals surface area contributed by atoms with E-state index >= 15 is 0 Å². The van der Waals surface area contributed by atoms with Crippen LogP contribution in [0.2, 0.25) is 0 Å². The Morgan fingerprint density at radius 1 is 1.17 bits per heavy atom. The van der Waals surface area contributed by atoms with Crippen LogP contribution in [0.4, 0.5) is 20.3 Å². The fourth-order valence-electron chi connectivity index (χ4n) is 4.32. The van der Waals surface area contributed by atoms with Gasteiger partial charge in [0.15, 0.2) is 0 Å². The SMILES string of the molecule is Cc1ccc(NC(=O)C2(c3ccccc3C(C)C)CN(c3ccc(C#N)cn3)C2)c(OC(F)F)n1. The first-order chi connectivity index (χ1) is 16.7. The molecule has 1 aliphatic heterocycles. The molecule has 1 amide bonds. The molecule has 4 rings (SSSR count). The smallest absolute Gasteiger partial charge is 0.388 e. The molecule has 1 aromatic carbocycles. The predicted octanol–water partition coefficient (Wildman–Crippen LogP) is 4.78. The van der Waals surface area contributed by atoms with Crippen LogP contribution in [0.15, 0.2) is 54.7 Å². The molecule has 1 aliphatic rings. The fraction of sp³-hybridized carbons (Fsp3) is 0.308. The van der Waals surface area contributed by atoms with Gasteiger partial charge in [0, 0.05) is 25.0 Å². The molecule has 0 radical (unpaired) electrons. The van der Waals surface area contributed by atoms with Crippen LogP contribution >= 0.6 is 0 Å². The first-order valence-electron chi connectivity index (χ1n) is 11.2. The van der Waals surface area contributed by atoms with Gasteiger partial charge in [-0.2, -0.15) is 14.0 Å². The van der Waals surface area contributed by atoms with Crippen molar-refractivity contribution in [3.8, 4) is 11.9 Å². The molecule has 1 fully saturated rings. The summed E-state index contributed by atoms with van der Waals surface area (Å²) in [5, 5.41) is 11.8. The van der Waals surface area contributed by atoms with Crippen molar-refractivity contribution in [3.05, 3.63) is 77.1 Å². The van der Waals surface area contributed by atoms with Crippen molar-refractivity contribution in [1.29, 1.82) is 5.26 Å². The number of benzene rings is 1. The van der Waals surface area contributed by atoms with Crippen LogP contribution in [0, 0.1) is 18.3 Å². The molecule has 0 aliphatic carbocycles. The molecule has 0 atom stereocenters. The van der Waals surface area contributed by atoms with E-state index in [1.807, 2.05) is 35.2 Å². The number of rotatable bonds is 7. The normalized spacial score (nSPS) is 14.4. The molecule has 3 aromatic rings. The third-order valence-corrected chi connectivity index (χ3v) is 6.10. The highest BCUT2D eigenvalue weighted by Crippen LogP contribution is 2.42. The maximum absolute atomic E-state index is 13.8. The van der Waals surface area contributed by atoms with E-state index in [9.17, 15) is 13.6 Å². The van der Waals surface area contributed by atoms with E-state index in [1.165, 1.54) is 12.3 Å². The minimum absolute atomic E-state index is 0.0808. The van der Waals surface area contributed by atoms with Crippen molar-refractivity contribution in [1.82, 2.24) is 9.97 Å². The maximum atomic E-state index is 13.8. The summed E-state index contributed by atoms with van der Waals surface area (Å²) in [5.41, 5.74) is 1.96. The van der Waals surface area contributed by atoms with Gasteiger partial charge in [-0.1, -0.05) is 38.1 Å². The molecule has 9 heteroatoms. The number of carbonyl (C=O) groups is 1. The van der Waals surface area contributed by atoms with Gasteiger partial charge >= 0.3 is 6.61 Å². The van der Waals surface area contributed by atoms with Crippen molar-refractivity contribution < 1.29 is 18.3 Å². The second-order valence-corrected chi connectivity index (χ2v) is 8.83. The number of hydrogen-bond acceptors (Lipinski definition) is 6. The molecule has 3 heterocycles. The summed E-state index contributed by atoms with van der Waals surface area (Å²) < 4.78 is 30.5. The van der Waals surface area contributed by atoms with Gasteiger partial charge in [-0.3, -0.25) is 4.79 Å². The standard InChI is InChI=1S/C26H25F2N5O2/c1-16(2)19-6-4-5-7-20(19)26(14-33(15-26)22-11-9-18(12-29)13-30-22)24(34)32-21-10-8-17(3)31-23(21)35-25(27)28/h4-11,13,16,25H,14-15H2,1-3H3,(H,32,34). The number of alkyl halides is 2. The zero-order chi connectivity index (χ0) is 25.2. The summed E-state index contributed by atoms with van der Waals surface area (Å²) in [7, 11) is 0. The monoisotopic (exact) mass is 477 g/mol. The Hall–Kier alpha value is -4.06. The van der Waals surface area contributed by atoms with Gasteiger partial charge < -0.3 is 15.0 Å². The number of nitrogens with one attached hydrogen (secondary N) is 1. The Balaban J connectivity index is 1.70. The summed E-state index contributed by atoms with van der Waals surface area (Å²) in [6.45, 7) is 3.34. The van der Waals surface area contributed by atoms with Crippen LogP contribution in [0.5, 0.6) is 5.88 Å². The number of aromatic nitrogens is 2. The van der Waals surface area contributed by atoms with E-state index in [4.69, 9.17) is 5.26 Å². The Morgan fingerprint density at radius 2 is 1.91 bits per heavy atom. The molecule has 0 spiro atoms. The highest BCUT2D eigenvalue weighted by molar-refractivity contribution is 6.02. The minimum Gasteiger partial charge on any atom is -0.415 e. The third kappa shape index (κ3) is 4.78. The van der Waals surface area contributed by atoms with Gasteiger partial charge in [0.1, 0.15) is 23.0 Å². The van der Waals surface area contributed by atoms with Crippen molar-refractivity contribution in [2.45, 2.75) is 38.7 Å². The Morgan fingerprint density at radius 3 is 2.54 bits per heavy atom. The van der Waals surface area contributed by atoms with Crippen molar-refractivity contribution in [2.24, 2.45) is 0 Å². The third-order valence-electron chi connectivity index (χ3n) is 6.10. The summed E-state index contributed by atoms with van der Waals surface area (Å²) in [5.74, 6) is 0.135. The first-order valence-corrected chi connectivity index (χ1v) is 11.2. The number of amides is 1. The highest BCUT2D eigenvalue weighted by Gasteiger charge is 2.52. The predicted molar refractivity (Wildman–Crippen MR) is 128 cm³/mol. The summed E-state index contributed by atoms with van der Waals surface area (Å²) in [6, 6.07) is 16.3. The summed E-state index contributed by atoms with van der Waals surface area (Å²) in [4.78, 5) is 24.1. The zero-order valence-corrected chi connectivity index (χ0v) is 19.6. The van der Waals surface area contributed by atoms with Crippen LogP contribution in [-0.4, -0.2) is 35.6 Å². The average Bonchev–Trinajstić information content (AvgIpc) is 2.80. The molecule has 35 heavy (non-hydrogen) atoms. The van der Waals surface area contributed by atoms with Crippen molar-refractivity contribution >= 4 is 17.4 Å². The summed E-state index contributed by atoms with van der Waals surface area (Å²) >= 11 is 0. The lowest BCUT2D eigenvalue weighted by Crippen LogP contribution is -2.65.